The van der Waals surface area contributed by atoms with E-state index < -0.39 is 0 Å². The van der Waals surface area contributed by atoms with Crippen LogP contribution in [0.4, 0.5) is 5.69 Å². The summed E-state index contributed by atoms with van der Waals surface area (Å²) in [4.78, 5) is 14.5. The molecule has 3 rings (SSSR count). The van der Waals surface area contributed by atoms with E-state index in [1.807, 2.05) is 12.1 Å². The lowest BCUT2D eigenvalue weighted by Crippen LogP contribution is -2.46. The first-order chi connectivity index (χ1) is 10.1. The molecule has 2 fully saturated rings. The van der Waals surface area contributed by atoms with Crippen LogP contribution in [0.15, 0.2) is 18.2 Å². The number of aryl methyl sites for hydroxylation is 2. The van der Waals surface area contributed by atoms with Gasteiger partial charge in [0.25, 0.3) is 0 Å². The van der Waals surface area contributed by atoms with E-state index in [1.54, 1.807) is 0 Å². The van der Waals surface area contributed by atoms with Crippen LogP contribution in [0.2, 0.25) is 0 Å². The van der Waals surface area contributed by atoms with Gasteiger partial charge in [-0.2, -0.15) is 0 Å². The third kappa shape index (κ3) is 3.44. The van der Waals surface area contributed by atoms with Crippen molar-refractivity contribution in [2.45, 2.75) is 32.7 Å². The Kier molecular flexibility index (Phi) is 4.27. The SMILES string of the molecule is Cc1ccc(NC(=O)CN2CCC3NCCC3C2)cc1C. The number of piperidine rings is 1. The monoisotopic (exact) mass is 287 g/mol. The fourth-order valence-electron chi connectivity index (χ4n) is 3.49. The maximum Gasteiger partial charge on any atom is 0.238 e. The second kappa shape index (κ2) is 6.16. The highest BCUT2D eigenvalue weighted by Gasteiger charge is 2.32. The van der Waals surface area contributed by atoms with Crippen LogP contribution in [0.25, 0.3) is 0 Å². The third-order valence-corrected chi connectivity index (χ3v) is 4.90. The number of nitrogens with zero attached hydrogens (tertiary/aromatic N) is 1. The Morgan fingerprint density at radius 3 is 3.00 bits per heavy atom. The third-order valence-electron chi connectivity index (χ3n) is 4.90. The molecule has 114 valence electrons. The van der Waals surface area contributed by atoms with Crippen LogP contribution >= 0.6 is 0 Å². The summed E-state index contributed by atoms with van der Waals surface area (Å²) in [5, 5.41) is 6.58. The lowest BCUT2D eigenvalue weighted by atomic mass is 9.93. The zero-order chi connectivity index (χ0) is 14.8. The molecule has 1 aromatic rings. The molecule has 21 heavy (non-hydrogen) atoms. The maximum atomic E-state index is 12.2. The fraction of sp³-hybridized carbons (Fsp3) is 0.588. The molecule has 4 heteroatoms. The van der Waals surface area contributed by atoms with E-state index in [0.29, 0.717) is 12.6 Å². The van der Waals surface area contributed by atoms with Crippen LogP contribution < -0.4 is 10.6 Å². The van der Waals surface area contributed by atoms with Crippen molar-refractivity contribution >= 4 is 11.6 Å². The number of carbonyl (C=O) groups is 1. The molecular formula is C17H25N3O. The fourth-order valence-corrected chi connectivity index (χ4v) is 3.49. The summed E-state index contributed by atoms with van der Waals surface area (Å²) in [5.74, 6) is 0.829. The molecule has 2 unspecified atom stereocenters. The molecule has 1 aromatic carbocycles. The summed E-state index contributed by atoms with van der Waals surface area (Å²) in [6.45, 7) is 7.88. The Morgan fingerprint density at radius 2 is 2.19 bits per heavy atom. The molecule has 0 bridgehead atoms. The summed E-state index contributed by atoms with van der Waals surface area (Å²) in [7, 11) is 0. The zero-order valence-electron chi connectivity index (χ0n) is 13.0. The Morgan fingerprint density at radius 1 is 1.33 bits per heavy atom. The maximum absolute atomic E-state index is 12.2. The molecule has 0 aliphatic carbocycles. The van der Waals surface area contributed by atoms with Crippen molar-refractivity contribution in [3.63, 3.8) is 0 Å². The second-order valence-corrected chi connectivity index (χ2v) is 6.48. The number of hydrogen-bond donors (Lipinski definition) is 2. The molecule has 1 amide bonds. The molecule has 0 radical (unpaired) electrons. The molecule has 4 nitrogen and oxygen atoms in total. The number of hydrogen-bond acceptors (Lipinski definition) is 3. The number of carbonyl (C=O) groups excluding carboxylic acids is 1. The summed E-state index contributed by atoms with van der Waals surface area (Å²) in [6.07, 6.45) is 2.42. The van der Waals surface area contributed by atoms with E-state index in [2.05, 4.69) is 35.4 Å². The van der Waals surface area contributed by atoms with Gasteiger partial charge in [0, 0.05) is 24.8 Å². The minimum Gasteiger partial charge on any atom is -0.325 e. The first kappa shape index (κ1) is 14.5. The quantitative estimate of drug-likeness (QED) is 0.893. The highest BCUT2D eigenvalue weighted by molar-refractivity contribution is 5.92. The van der Waals surface area contributed by atoms with Crippen LogP contribution in [0, 0.1) is 19.8 Å². The van der Waals surface area contributed by atoms with Crippen molar-refractivity contribution in [3.8, 4) is 0 Å². The number of amides is 1. The zero-order valence-corrected chi connectivity index (χ0v) is 13.0. The van der Waals surface area contributed by atoms with Gasteiger partial charge in [-0.1, -0.05) is 6.07 Å². The van der Waals surface area contributed by atoms with Crippen LogP contribution in [0.1, 0.15) is 24.0 Å². The van der Waals surface area contributed by atoms with Gasteiger partial charge in [-0.25, -0.2) is 0 Å². The van der Waals surface area contributed by atoms with Crippen molar-refractivity contribution in [1.29, 1.82) is 0 Å². The van der Waals surface area contributed by atoms with E-state index in [-0.39, 0.29) is 5.91 Å². The minimum absolute atomic E-state index is 0.0997. The minimum atomic E-state index is 0.0997. The van der Waals surface area contributed by atoms with Gasteiger partial charge in [-0.15, -0.1) is 0 Å². The van der Waals surface area contributed by atoms with E-state index in [4.69, 9.17) is 0 Å². The summed E-state index contributed by atoms with van der Waals surface area (Å²) in [6, 6.07) is 6.76. The predicted molar refractivity (Wildman–Crippen MR) is 85.5 cm³/mol. The van der Waals surface area contributed by atoms with Crippen molar-refractivity contribution < 1.29 is 4.79 Å². The molecule has 2 aliphatic heterocycles. The van der Waals surface area contributed by atoms with Gasteiger partial charge in [-0.05, 0) is 62.4 Å². The molecule has 2 saturated heterocycles. The van der Waals surface area contributed by atoms with Gasteiger partial charge in [0.15, 0.2) is 0 Å². The average molecular weight is 287 g/mol. The average Bonchev–Trinajstić information content (AvgIpc) is 2.90. The van der Waals surface area contributed by atoms with E-state index in [0.717, 1.165) is 31.2 Å². The Balaban J connectivity index is 1.53. The summed E-state index contributed by atoms with van der Waals surface area (Å²) >= 11 is 0. The molecular weight excluding hydrogens is 262 g/mol. The molecule has 2 N–H and O–H groups in total. The largest absolute Gasteiger partial charge is 0.325 e. The summed E-state index contributed by atoms with van der Waals surface area (Å²) < 4.78 is 0. The van der Waals surface area contributed by atoms with Crippen molar-refractivity contribution in [3.05, 3.63) is 29.3 Å². The number of benzene rings is 1. The highest BCUT2D eigenvalue weighted by atomic mass is 16.2. The molecule has 2 atom stereocenters. The number of likely N-dealkylation sites (tertiary alicyclic amines) is 1. The smallest absolute Gasteiger partial charge is 0.238 e. The Hall–Kier alpha value is -1.39. The molecule has 2 heterocycles. The van der Waals surface area contributed by atoms with Gasteiger partial charge in [0.1, 0.15) is 0 Å². The number of fused-ring (bicyclic) bond motifs is 1. The van der Waals surface area contributed by atoms with Gasteiger partial charge < -0.3 is 10.6 Å². The number of nitrogens with one attached hydrogen (secondary N) is 2. The molecule has 0 saturated carbocycles. The van der Waals surface area contributed by atoms with Gasteiger partial charge in [0.2, 0.25) is 5.91 Å². The van der Waals surface area contributed by atoms with Gasteiger partial charge in [-0.3, -0.25) is 9.69 Å². The lowest BCUT2D eigenvalue weighted by molar-refractivity contribution is -0.117. The van der Waals surface area contributed by atoms with E-state index >= 15 is 0 Å². The molecule has 0 aromatic heterocycles. The van der Waals surface area contributed by atoms with E-state index in [9.17, 15) is 4.79 Å². The van der Waals surface area contributed by atoms with Crippen LogP contribution in [-0.2, 0) is 4.79 Å². The highest BCUT2D eigenvalue weighted by Crippen LogP contribution is 2.24. The van der Waals surface area contributed by atoms with Crippen LogP contribution in [-0.4, -0.2) is 43.0 Å². The predicted octanol–water partition coefficient (Wildman–Crippen LogP) is 1.93. The molecule has 2 aliphatic rings. The topological polar surface area (TPSA) is 44.4 Å². The van der Waals surface area contributed by atoms with Gasteiger partial charge >= 0.3 is 0 Å². The summed E-state index contributed by atoms with van der Waals surface area (Å²) in [5.41, 5.74) is 3.37. The standard InChI is InChI=1S/C17H25N3O/c1-12-3-4-15(9-13(12)2)19-17(21)11-20-8-6-16-14(10-20)5-7-18-16/h3-4,9,14,16,18H,5-8,10-11H2,1-2H3,(H,19,21). The van der Waals surface area contributed by atoms with Gasteiger partial charge in [0.05, 0.1) is 6.54 Å². The normalized spacial score (nSPS) is 25.6. The van der Waals surface area contributed by atoms with Crippen molar-refractivity contribution in [2.24, 2.45) is 5.92 Å². The van der Waals surface area contributed by atoms with Crippen LogP contribution in [0.3, 0.4) is 0 Å². The molecule has 0 spiro atoms. The first-order valence-electron chi connectivity index (χ1n) is 7.94. The van der Waals surface area contributed by atoms with Crippen molar-refractivity contribution in [2.75, 3.05) is 31.5 Å². The van der Waals surface area contributed by atoms with Crippen molar-refractivity contribution in [1.82, 2.24) is 10.2 Å². The van der Waals surface area contributed by atoms with Crippen LogP contribution in [0.5, 0.6) is 0 Å². The lowest BCUT2D eigenvalue weighted by Gasteiger charge is -2.34. The first-order valence-corrected chi connectivity index (χ1v) is 7.94. The second-order valence-electron chi connectivity index (χ2n) is 6.48. The van der Waals surface area contributed by atoms with E-state index in [1.165, 1.54) is 24.0 Å². The Bertz CT molecular complexity index is 529. The number of anilines is 1. The Labute approximate surface area is 126 Å². The number of rotatable bonds is 3.